The highest BCUT2D eigenvalue weighted by atomic mass is 16.2. The molecule has 0 aromatic carbocycles. The second-order valence-corrected chi connectivity index (χ2v) is 6.39. The average molecular weight is 299 g/mol. The Kier molecular flexibility index (Phi) is 3.97. The minimum absolute atomic E-state index is 0.264. The van der Waals surface area contributed by atoms with Gasteiger partial charge in [0.15, 0.2) is 11.5 Å². The van der Waals surface area contributed by atoms with Crippen LogP contribution in [0.3, 0.4) is 0 Å². The molecule has 22 heavy (non-hydrogen) atoms. The predicted molar refractivity (Wildman–Crippen MR) is 82.1 cm³/mol. The highest BCUT2D eigenvalue weighted by Gasteiger charge is 2.37. The largest absolute Gasteiger partial charge is 0.354 e. The molecule has 3 heterocycles. The smallest absolute Gasteiger partial charge is 0.222 e. The molecular weight excluding hydrogens is 278 g/mol. The van der Waals surface area contributed by atoms with Crippen LogP contribution in [0.25, 0.3) is 0 Å². The molecule has 2 saturated heterocycles. The van der Waals surface area contributed by atoms with E-state index in [2.05, 4.69) is 20.9 Å². The van der Waals surface area contributed by atoms with Crippen LogP contribution in [0, 0.1) is 16.7 Å². The van der Waals surface area contributed by atoms with Gasteiger partial charge in [-0.1, -0.05) is 0 Å². The molecule has 0 unspecified atom stereocenters. The maximum absolute atomic E-state index is 11.9. The van der Waals surface area contributed by atoms with Crippen LogP contribution in [0.15, 0.2) is 12.4 Å². The van der Waals surface area contributed by atoms with Gasteiger partial charge in [0.1, 0.15) is 6.07 Å². The van der Waals surface area contributed by atoms with E-state index in [0.717, 1.165) is 45.3 Å². The van der Waals surface area contributed by atoms with Gasteiger partial charge in [0.05, 0.1) is 0 Å². The molecule has 1 aromatic heterocycles. The average Bonchev–Trinajstić information content (AvgIpc) is 2.70. The Labute approximate surface area is 130 Å². The normalized spacial score (nSPS) is 21.5. The van der Waals surface area contributed by atoms with E-state index in [1.807, 2.05) is 11.9 Å². The van der Waals surface area contributed by atoms with Gasteiger partial charge in [-0.15, -0.1) is 0 Å². The second-order valence-electron chi connectivity index (χ2n) is 6.39. The van der Waals surface area contributed by atoms with Crippen molar-refractivity contribution in [3.8, 4) is 6.07 Å². The van der Waals surface area contributed by atoms with Gasteiger partial charge in [-0.05, 0) is 31.1 Å². The summed E-state index contributed by atoms with van der Waals surface area (Å²) in [7, 11) is 1.90. The zero-order valence-electron chi connectivity index (χ0n) is 13.0. The van der Waals surface area contributed by atoms with Crippen molar-refractivity contribution in [3.05, 3.63) is 18.1 Å². The van der Waals surface area contributed by atoms with Crippen LogP contribution in [0.2, 0.25) is 0 Å². The molecule has 0 radical (unpaired) electrons. The summed E-state index contributed by atoms with van der Waals surface area (Å²) in [5.41, 5.74) is 0.667. The zero-order valence-corrected chi connectivity index (χ0v) is 13.0. The van der Waals surface area contributed by atoms with Crippen LogP contribution >= 0.6 is 0 Å². The summed E-state index contributed by atoms with van der Waals surface area (Å²) in [6, 6.07) is 2.12. The number of hydrogen-bond acceptors (Lipinski definition) is 5. The number of aromatic nitrogens is 2. The van der Waals surface area contributed by atoms with Gasteiger partial charge >= 0.3 is 0 Å². The fraction of sp³-hybridized carbons (Fsp3) is 0.625. The Bertz CT molecular complexity index is 601. The number of carbonyl (C=O) groups excluding carboxylic acids is 1. The molecule has 6 nitrogen and oxygen atoms in total. The third kappa shape index (κ3) is 2.76. The first-order valence-corrected chi connectivity index (χ1v) is 7.84. The predicted octanol–water partition coefficient (Wildman–Crippen LogP) is 1.58. The summed E-state index contributed by atoms with van der Waals surface area (Å²) in [5, 5.41) is 9.16. The molecule has 1 amide bonds. The standard InChI is InChI=1S/C16H21N5O/c1-20-9-4-16(3-2-14(20)22)5-10-21(11-6-16)15-13(12-17)18-7-8-19-15/h7-8H,2-6,9-11H2,1H3. The van der Waals surface area contributed by atoms with Crippen molar-refractivity contribution in [2.45, 2.75) is 32.1 Å². The number of carbonyl (C=O) groups is 1. The van der Waals surface area contributed by atoms with Crippen molar-refractivity contribution in [2.75, 3.05) is 31.6 Å². The number of amides is 1. The van der Waals surface area contributed by atoms with Gasteiger partial charge in [-0.25, -0.2) is 9.97 Å². The van der Waals surface area contributed by atoms with Gasteiger partial charge in [-0.2, -0.15) is 5.26 Å². The monoisotopic (exact) mass is 299 g/mol. The van der Waals surface area contributed by atoms with E-state index < -0.39 is 0 Å². The lowest BCUT2D eigenvalue weighted by molar-refractivity contribution is -0.129. The number of nitrogens with zero attached hydrogens (tertiary/aromatic N) is 5. The van der Waals surface area contributed by atoms with Crippen LogP contribution in [0.1, 0.15) is 37.8 Å². The second kappa shape index (κ2) is 5.91. The lowest BCUT2D eigenvalue weighted by Gasteiger charge is -2.41. The van der Waals surface area contributed by atoms with Crippen LogP contribution in [-0.4, -0.2) is 47.5 Å². The molecule has 6 heteroatoms. The molecule has 1 aromatic rings. The van der Waals surface area contributed by atoms with E-state index in [9.17, 15) is 4.79 Å². The van der Waals surface area contributed by atoms with Gasteiger partial charge in [0.25, 0.3) is 0 Å². The molecule has 0 bridgehead atoms. The molecular formula is C16H21N5O. The third-order valence-corrected chi connectivity index (χ3v) is 5.18. The van der Waals surface area contributed by atoms with E-state index in [1.54, 1.807) is 12.4 Å². The minimum Gasteiger partial charge on any atom is -0.354 e. The fourth-order valence-corrected chi connectivity index (χ4v) is 3.55. The van der Waals surface area contributed by atoms with Crippen molar-refractivity contribution >= 4 is 11.7 Å². The zero-order chi connectivity index (χ0) is 15.6. The van der Waals surface area contributed by atoms with Crippen LogP contribution < -0.4 is 4.90 Å². The Morgan fingerprint density at radius 3 is 2.55 bits per heavy atom. The number of piperidine rings is 1. The number of likely N-dealkylation sites (tertiary alicyclic amines) is 1. The Hall–Kier alpha value is -2.16. The van der Waals surface area contributed by atoms with Gasteiger partial charge < -0.3 is 9.80 Å². The van der Waals surface area contributed by atoms with Crippen molar-refractivity contribution < 1.29 is 4.79 Å². The first kappa shape index (κ1) is 14.8. The minimum atomic E-state index is 0.264. The molecule has 2 aliphatic rings. The van der Waals surface area contributed by atoms with Gasteiger partial charge in [0, 0.05) is 45.5 Å². The summed E-state index contributed by atoms with van der Waals surface area (Å²) >= 11 is 0. The molecule has 1 spiro atoms. The van der Waals surface area contributed by atoms with Crippen molar-refractivity contribution in [2.24, 2.45) is 5.41 Å². The molecule has 0 atom stereocenters. The Morgan fingerprint density at radius 2 is 1.82 bits per heavy atom. The molecule has 116 valence electrons. The summed E-state index contributed by atoms with van der Waals surface area (Å²) in [4.78, 5) is 24.3. The molecule has 0 saturated carbocycles. The van der Waals surface area contributed by atoms with Gasteiger partial charge in [-0.3, -0.25) is 4.79 Å². The van der Waals surface area contributed by atoms with Crippen molar-refractivity contribution in [3.63, 3.8) is 0 Å². The Balaban J connectivity index is 1.70. The van der Waals surface area contributed by atoms with Crippen LogP contribution in [-0.2, 0) is 4.79 Å². The van der Waals surface area contributed by atoms with Crippen molar-refractivity contribution in [1.29, 1.82) is 5.26 Å². The van der Waals surface area contributed by atoms with E-state index in [4.69, 9.17) is 5.26 Å². The number of nitriles is 1. The highest BCUT2D eigenvalue weighted by Crippen LogP contribution is 2.42. The lowest BCUT2D eigenvalue weighted by Crippen LogP contribution is -2.41. The van der Waals surface area contributed by atoms with E-state index in [1.165, 1.54) is 0 Å². The lowest BCUT2D eigenvalue weighted by atomic mass is 9.73. The number of hydrogen-bond donors (Lipinski definition) is 0. The fourth-order valence-electron chi connectivity index (χ4n) is 3.55. The molecule has 0 aliphatic carbocycles. The van der Waals surface area contributed by atoms with Crippen LogP contribution in [0.5, 0.6) is 0 Å². The quantitative estimate of drug-likeness (QED) is 0.787. The van der Waals surface area contributed by atoms with E-state index in [-0.39, 0.29) is 11.3 Å². The first-order valence-electron chi connectivity index (χ1n) is 7.84. The van der Waals surface area contributed by atoms with Crippen molar-refractivity contribution in [1.82, 2.24) is 14.9 Å². The van der Waals surface area contributed by atoms with Gasteiger partial charge in [0.2, 0.25) is 5.91 Å². The van der Waals surface area contributed by atoms with Crippen LogP contribution in [0.4, 0.5) is 5.82 Å². The molecule has 3 rings (SSSR count). The van der Waals surface area contributed by atoms with E-state index in [0.29, 0.717) is 17.9 Å². The highest BCUT2D eigenvalue weighted by molar-refractivity contribution is 5.76. The maximum atomic E-state index is 11.9. The summed E-state index contributed by atoms with van der Waals surface area (Å²) in [5.74, 6) is 0.960. The SMILES string of the molecule is CN1CCC2(CCC1=O)CCN(c1nccnc1C#N)CC2. The Morgan fingerprint density at radius 1 is 1.14 bits per heavy atom. The summed E-state index contributed by atoms with van der Waals surface area (Å²) < 4.78 is 0. The molecule has 2 aliphatic heterocycles. The molecule has 0 N–H and O–H groups in total. The number of anilines is 1. The maximum Gasteiger partial charge on any atom is 0.222 e. The first-order chi connectivity index (χ1) is 10.6. The van der Waals surface area contributed by atoms with E-state index >= 15 is 0 Å². The summed E-state index contributed by atoms with van der Waals surface area (Å²) in [6.45, 7) is 2.62. The topological polar surface area (TPSA) is 73.1 Å². The molecule has 2 fully saturated rings. The number of rotatable bonds is 1. The summed E-state index contributed by atoms with van der Waals surface area (Å²) in [6.07, 6.45) is 8.01. The third-order valence-electron chi connectivity index (χ3n) is 5.18.